The molecule has 1 aromatic rings. The second kappa shape index (κ2) is 5.40. The second-order valence-corrected chi connectivity index (χ2v) is 5.56. The molecule has 3 atom stereocenters. The number of likely N-dealkylation sites (tertiary alicyclic amines) is 1. The van der Waals surface area contributed by atoms with Gasteiger partial charge in [-0.1, -0.05) is 13.8 Å². The molecule has 1 aromatic heterocycles. The molecule has 0 aromatic carbocycles. The second-order valence-electron chi connectivity index (χ2n) is 5.56. The first kappa shape index (κ1) is 13.5. The van der Waals surface area contributed by atoms with Gasteiger partial charge in [0, 0.05) is 18.8 Å². The third-order valence-electron chi connectivity index (χ3n) is 3.97. The number of amides is 1. The third-order valence-corrected chi connectivity index (χ3v) is 3.97. The van der Waals surface area contributed by atoms with Crippen LogP contribution in [0.1, 0.15) is 43.2 Å². The minimum absolute atomic E-state index is 0.0320. The van der Waals surface area contributed by atoms with Gasteiger partial charge in [0.1, 0.15) is 11.8 Å². The van der Waals surface area contributed by atoms with Crippen molar-refractivity contribution >= 4 is 5.91 Å². The number of nitrogens with zero attached hydrogens (tertiary/aromatic N) is 3. The van der Waals surface area contributed by atoms with E-state index in [0.717, 1.165) is 13.0 Å². The van der Waals surface area contributed by atoms with Crippen molar-refractivity contribution in [2.75, 3.05) is 6.54 Å². The van der Waals surface area contributed by atoms with E-state index >= 15 is 0 Å². The van der Waals surface area contributed by atoms with Gasteiger partial charge in [-0.2, -0.15) is 5.26 Å². The number of rotatable bonds is 1. The van der Waals surface area contributed by atoms with Gasteiger partial charge >= 0.3 is 0 Å². The molecule has 1 fully saturated rings. The fourth-order valence-electron chi connectivity index (χ4n) is 2.72. The van der Waals surface area contributed by atoms with Crippen LogP contribution < -0.4 is 0 Å². The van der Waals surface area contributed by atoms with E-state index in [1.165, 1.54) is 6.20 Å². The molecule has 19 heavy (non-hydrogen) atoms. The smallest absolute Gasteiger partial charge is 0.272 e. The Morgan fingerprint density at radius 1 is 1.42 bits per heavy atom. The molecule has 0 spiro atoms. The average Bonchev–Trinajstić information content (AvgIpc) is 2.42. The Bertz CT molecular complexity index is 503. The molecule has 100 valence electrons. The van der Waals surface area contributed by atoms with E-state index in [-0.39, 0.29) is 11.9 Å². The van der Waals surface area contributed by atoms with E-state index in [4.69, 9.17) is 5.26 Å². The maximum atomic E-state index is 12.5. The molecule has 1 saturated heterocycles. The number of hydrogen-bond donors (Lipinski definition) is 0. The fraction of sp³-hybridized carbons (Fsp3) is 0.533. The van der Waals surface area contributed by atoms with Crippen LogP contribution in [0, 0.1) is 23.2 Å². The van der Waals surface area contributed by atoms with Crippen molar-refractivity contribution in [2.24, 2.45) is 11.8 Å². The van der Waals surface area contributed by atoms with E-state index in [1.54, 1.807) is 12.1 Å². The first-order valence-electron chi connectivity index (χ1n) is 6.70. The summed E-state index contributed by atoms with van der Waals surface area (Å²) in [5, 5.41) is 8.74. The Morgan fingerprint density at radius 3 is 2.74 bits per heavy atom. The zero-order valence-corrected chi connectivity index (χ0v) is 11.6. The summed E-state index contributed by atoms with van der Waals surface area (Å²) in [6.45, 7) is 7.24. The van der Waals surface area contributed by atoms with Crippen molar-refractivity contribution in [1.29, 1.82) is 5.26 Å². The van der Waals surface area contributed by atoms with Crippen molar-refractivity contribution < 1.29 is 4.79 Å². The average molecular weight is 257 g/mol. The van der Waals surface area contributed by atoms with Crippen LogP contribution in [0.5, 0.6) is 0 Å². The highest BCUT2D eigenvalue weighted by Gasteiger charge is 2.32. The summed E-state index contributed by atoms with van der Waals surface area (Å²) < 4.78 is 0. The molecule has 0 aliphatic carbocycles. The molecule has 4 heteroatoms. The molecule has 0 saturated carbocycles. The van der Waals surface area contributed by atoms with Crippen LogP contribution in [0.25, 0.3) is 0 Å². The van der Waals surface area contributed by atoms with Crippen LogP contribution >= 0.6 is 0 Å². The monoisotopic (exact) mass is 257 g/mol. The molecule has 1 aliphatic heterocycles. The Morgan fingerprint density at radius 2 is 2.16 bits per heavy atom. The number of carbonyl (C=O) groups is 1. The van der Waals surface area contributed by atoms with Gasteiger partial charge in [-0.25, -0.2) is 4.98 Å². The maximum absolute atomic E-state index is 12.5. The molecule has 4 nitrogen and oxygen atoms in total. The topological polar surface area (TPSA) is 57.0 Å². The number of aromatic nitrogens is 1. The number of carbonyl (C=O) groups excluding carboxylic acids is 1. The highest BCUT2D eigenvalue weighted by molar-refractivity contribution is 5.92. The van der Waals surface area contributed by atoms with E-state index in [0.29, 0.717) is 23.1 Å². The van der Waals surface area contributed by atoms with Crippen LogP contribution in [0.4, 0.5) is 0 Å². The lowest BCUT2D eigenvalue weighted by Crippen LogP contribution is -2.49. The van der Waals surface area contributed by atoms with Crippen molar-refractivity contribution in [2.45, 2.75) is 33.2 Å². The van der Waals surface area contributed by atoms with E-state index in [1.807, 2.05) is 11.0 Å². The lowest BCUT2D eigenvalue weighted by molar-refractivity contribution is 0.0450. The molecule has 0 bridgehead atoms. The molecule has 2 rings (SSSR count). The summed E-state index contributed by atoms with van der Waals surface area (Å²) in [6.07, 6.45) is 2.61. The minimum atomic E-state index is -0.0320. The molecule has 3 unspecified atom stereocenters. The van der Waals surface area contributed by atoms with Gasteiger partial charge in [0.2, 0.25) is 0 Å². The molecule has 0 N–H and O–H groups in total. The first-order valence-corrected chi connectivity index (χ1v) is 6.70. The summed E-state index contributed by atoms with van der Waals surface area (Å²) in [7, 11) is 0. The Kier molecular flexibility index (Phi) is 3.84. The van der Waals surface area contributed by atoms with Crippen molar-refractivity contribution in [3.8, 4) is 6.07 Å². The predicted octanol–water partition coefficient (Wildman–Crippen LogP) is 2.46. The van der Waals surface area contributed by atoms with Gasteiger partial charge in [-0.05, 0) is 37.3 Å². The minimum Gasteiger partial charge on any atom is -0.334 e. The van der Waals surface area contributed by atoms with Crippen LogP contribution in [-0.4, -0.2) is 28.4 Å². The first-order chi connectivity index (χ1) is 9.02. The lowest BCUT2D eigenvalue weighted by Gasteiger charge is -2.40. The molecular weight excluding hydrogens is 238 g/mol. The summed E-state index contributed by atoms with van der Waals surface area (Å²) in [5.74, 6) is 0.995. The zero-order chi connectivity index (χ0) is 14.0. The van der Waals surface area contributed by atoms with Crippen LogP contribution in [-0.2, 0) is 0 Å². The van der Waals surface area contributed by atoms with Gasteiger partial charge in [-0.3, -0.25) is 4.79 Å². The molecule has 0 radical (unpaired) electrons. The van der Waals surface area contributed by atoms with Gasteiger partial charge in [-0.15, -0.1) is 0 Å². The molecule has 1 aliphatic rings. The normalized spacial score (nSPS) is 26.8. The van der Waals surface area contributed by atoms with Gasteiger partial charge in [0.05, 0.1) is 5.56 Å². The quantitative estimate of drug-likeness (QED) is 0.776. The van der Waals surface area contributed by atoms with Crippen LogP contribution in [0.3, 0.4) is 0 Å². The van der Waals surface area contributed by atoms with Gasteiger partial charge in [0.15, 0.2) is 0 Å². The van der Waals surface area contributed by atoms with Crippen LogP contribution in [0.15, 0.2) is 18.3 Å². The van der Waals surface area contributed by atoms with Crippen molar-refractivity contribution in [3.63, 3.8) is 0 Å². The zero-order valence-electron chi connectivity index (χ0n) is 11.6. The predicted molar refractivity (Wildman–Crippen MR) is 72.4 cm³/mol. The summed E-state index contributed by atoms with van der Waals surface area (Å²) in [4.78, 5) is 18.5. The summed E-state index contributed by atoms with van der Waals surface area (Å²) >= 11 is 0. The van der Waals surface area contributed by atoms with Crippen molar-refractivity contribution in [1.82, 2.24) is 9.88 Å². The Labute approximate surface area is 114 Å². The van der Waals surface area contributed by atoms with Crippen molar-refractivity contribution in [3.05, 3.63) is 29.6 Å². The highest BCUT2D eigenvalue weighted by Crippen LogP contribution is 2.27. The van der Waals surface area contributed by atoms with Gasteiger partial charge < -0.3 is 4.90 Å². The number of nitriles is 1. The summed E-state index contributed by atoms with van der Waals surface area (Å²) in [6, 6.07) is 5.52. The number of pyridine rings is 1. The highest BCUT2D eigenvalue weighted by atomic mass is 16.2. The molecular formula is C15H19N3O. The van der Waals surface area contributed by atoms with Crippen LogP contribution in [0.2, 0.25) is 0 Å². The number of piperidine rings is 1. The fourth-order valence-corrected chi connectivity index (χ4v) is 2.72. The Hall–Kier alpha value is -1.89. The van der Waals surface area contributed by atoms with E-state index in [2.05, 4.69) is 25.8 Å². The van der Waals surface area contributed by atoms with E-state index < -0.39 is 0 Å². The lowest BCUT2D eigenvalue weighted by atomic mass is 9.86. The van der Waals surface area contributed by atoms with Gasteiger partial charge in [0.25, 0.3) is 5.91 Å². The maximum Gasteiger partial charge on any atom is 0.272 e. The largest absolute Gasteiger partial charge is 0.334 e. The molecule has 2 heterocycles. The SMILES string of the molecule is CC1CC(C)C(C)N(C(=O)c2ccc(C#N)cn2)C1. The standard InChI is InChI=1S/C15H19N3O/c1-10-6-11(2)12(3)18(9-10)15(19)14-5-4-13(7-16)8-17-14/h4-5,8,10-12H,6,9H2,1-3H3. The Balaban J connectivity index is 2.20. The number of hydrogen-bond acceptors (Lipinski definition) is 3. The third kappa shape index (κ3) is 2.76. The summed E-state index contributed by atoms with van der Waals surface area (Å²) in [5.41, 5.74) is 0.900. The van der Waals surface area contributed by atoms with E-state index in [9.17, 15) is 4.79 Å². The molecule has 1 amide bonds.